The van der Waals surface area contributed by atoms with Gasteiger partial charge in [-0.25, -0.2) is 0 Å². The third-order valence-electron chi connectivity index (χ3n) is 3.29. The normalized spacial score (nSPS) is 9.87. The molecule has 0 unspecified atom stereocenters. The number of carbonyl (C=O) groups is 2. The number of amides is 2. The minimum atomic E-state index is -0.397. The fourth-order valence-corrected chi connectivity index (χ4v) is 1.91. The quantitative estimate of drug-likeness (QED) is 0.845. The number of benzene rings is 2. The SMILES string of the molecule is COc1ccc(C(=O)NNC(=O)c2ccc(N(C)C)cc2)cc1. The maximum Gasteiger partial charge on any atom is 0.269 e. The Labute approximate surface area is 135 Å². The fraction of sp³-hybridized carbons (Fsp3) is 0.176. The van der Waals surface area contributed by atoms with Gasteiger partial charge in [0, 0.05) is 30.9 Å². The van der Waals surface area contributed by atoms with E-state index >= 15 is 0 Å². The summed E-state index contributed by atoms with van der Waals surface area (Å²) in [7, 11) is 5.39. The molecule has 0 aliphatic carbocycles. The van der Waals surface area contributed by atoms with Crippen molar-refractivity contribution in [3.8, 4) is 5.75 Å². The lowest BCUT2D eigenvalue weighted by atomic mass is 10.2. The van der Waals surface area contributed by atoms with Gasteiger partial charge in [0.1, 0.15) is 5.75 Å². The Morgan fingerprint density at radius 2 is 1.26 bits per heavy atom. The van der Waals surface area contributed by atoms with Crippen molar-refractivity contribution in [1.82, 2.24) is 10.9 Å². The van der Waals surface area contributed by atoms with Crippen LogP contribution in [0.3, 0.4) is 0 Å². The molecule has 0 saturated heterocycles. The summed E-state index contributed by atoms with van der Waals surface area (Å²) in [5, 5.41) is 0. The summed E-state index contributed by atoms with van der Waals surface area (Å²) in [4.78, 5) is 25.9. The molecule has 2 amide bonds. The lowest BCUT2D eigenvalue weighted by Gasteiger charge is -2.13. The maximum atomic E-state index is 12.0. The van der Waals surface area contributed by atoms with Crippen LogP contribution in [0.15, 0.2) is 48.5 Å². The third-order valence-corrected chi connectivity index (χ3v) is 3.29. The van der Waals surface area contributed by atoms with Gasteiger partial charge < -0.3 is 9.64 Å². The highest BCUT2D eigenvalue weighted by Crippen LogP contribution is 2.12. The summed E-state index contributed by atoms with van der Waals surface area (Å²) in [6.07, 6.45) is 0. The third kappa shape index (κ3) is 4.23. The molecule has 0 aliphatic rings. The van der Waals surface area contributed by atoms with Gasteiger partial charge >= 0.3 is 0 Å². The van der Waals surface area contributed by atoms with Crippen LogP contribution >= 0.6 is 0 Å². The second-order valence-electron chi connectivity index (χ2n) is 5.08. The summed E-state index contributed by atoms with van der Waals surface area (Å²) in [5.74, 6) is -0.116. The molecule has 0 radical (unpaired) electrons. The molecular weight excluding hydrogens is 294 g/mol. The largest absolute Gasteiger partial charge is 0.497 e. The standard InChI is InChI=1S/C17H19N3O3/c1-20(2)14-8-4-12(5-9-14)16(21)18-19-17(22)13-6-10-15(23-3)11-7-13/h4-11H,1-3H3,(H,18,21)(H,19,22). The highest BCUT2D eigenvalue weighted by Gasteiger charge is 2.09. The van der Waals surface area contributed by atoms with Crippen molar-refractivity contribution in [2.75, 3.05) is 26.1 Å². The van der Waals surface area contributed by atoms with Gasteiger partial charge in [0.25, 0.3) is 11.8 Å². The van der Waals surface area contributed by atoms with E-state index in [4.69, 9.17) is 4.74 Å². The van der Waals surface area contributed by atoms with E-state index < -0.39 is 5.91 Å². The number of methoxy groups -OCH3 is 1. The van der Waals surface area contributed by atoms with E-state index in [0.29, 0.717) is 16.9 Å². The Morgan fingerprint density at radius 1 is 0.826 bits per heavy atom. The maximum absolute atomic E-state index is 12.0. The number of ether oxygens (including phenoxy) is 1. The highest BCUT2D eigenvalue weighted by molar-refractivity contribution is 5.99. The number of rotatable bonds is 4. The molecule has 2 aromatic carbocycles. The molecule has 2 aromatic rings. The molecule has 23 heavy (non-hydrogen) atoms. The second kappa shape index (κ2) is 7.31. The molecule has 0 spiro atoms. The van der Waals surface area contributed by atoms with Crippen molar-refractivity contribution in [2.24, 2.45) is 0 Å². The van der Waals surface area contributed by atoms with Gasteiger partial charge in [0.15, 0.2) is 0 Å². The summed E-state index contributed by atoms with van der Waals surface area (Å²) in [6.45, 7) is 0. The lowest BCUT2D eigenvalue weighted by Crippen LogP contribution is -2.41. The molecule has 0 aromatic heterocycles. The molecule has 2 rings (SSSR count). The van der Waals surface area contributed by atoms with Gasteiger partial charge in [-0.3, -0.25) is 20.4 Å². The number of hydrogen-bond acceptors (Lipinski definition) is 4. The monoisotopic (exact) mass is 313 g/mol. The van der Waals surface area contributed by atoms with E-state index in [9.17, 15) is 9.59 Å². The molecule has 0 bridgehead atoms. The predicted octanol–water partition coefficient (Wildman–Crippen LogP) is 1.84. The average molecular weight is 313 g/mol. The molecule has 120 valence electrons. The van der Waals surface area contributed by atoms with Crippen molar-refractivity contribution in [3.63, 3.8) is 0 Å². The van der Waals surface area contributed by atoms with Gasteiger partial charge in [-0.15, -0.1) is 0 Å². The number of hydrogen-bond donors (Lipinski definition) is 2. The second-order valence-corrected chi connectivity index (χ2v) is 5.08. The minimum Gasteiger partial charge on any atom is -0.497 e. The molecule has 0 saturated carbocycles. The Balaban J connectivity index is 1.93. The van der Waals surface area contributed by atoms with Gasteiger partial charge in [-0.1, -0.05) is 0 Å². The number of anilines is 1. The van der Waals surface area contributed by atoms with Gasteiger partial charge in [0.05, 0.1) is 7.11 Å². The lowest BCUT2D eigenvalue weighted by molar-refractivity contribution is 0.0846. The Kier molecular flexibility index (Phi) is 5.19. The minimum absolute atomic E-state index is 0.378. The molecule has 0 heterocycles. The van der Waals surface area contributed by atoms with Gasteiger partial charge in [-0.05, 0) is 48.5 Å². The summed E-state index contributed by atoms with van der Waals surface area (Å²) in [5.41, 5.74) is 6.65. The first-order chi connectivity index (χ1) is 11.0. The Bertz CT molecular complexity index is 679. The predicted molar refractivity (Wildman–Crippen MR) is 88.7 cm³/mol. The van der Waals surface area contributed by atoms with E-state index in [-0.39, 0.29) is 5.91 Å². The summed E-state index contributed by atoms with van der Waals surface area (Å²) < 4.78 is 5.03. The molecule has 6 nitrogen and oxygen atoms in total. The van der Waals surface area contributed by atoms with E-state index in [1.165, 1.54) is 0 Å². The number of nitrogens with one attached hydrogen (secondary N) is 2. The van der Waals surface area contributed by atoms with Crippen LogP contribution in [-0.2, 0) is 0 Å². The van der Waals surface area contributed by atoms with Crippen molar-refractivity contribution in [2.45, 2.75) is 0 Å². The van der Waals surface area contributed by atoms with Crippen LogP contribution in [0.4, 0.5) is 5.69 Å². The number of carbonyl (C=O) groups excluding carboxylic acids is 2. The number of hydrazine groups is 1. The molecule has 0 atom stereocenters. The fourth-order valence-electron chi connectivity index (χ4n) is 1.91. The zero-order valence-corrected chi connectivity index (χ0v) is 13.3. The van der Waals surface area contributed by atoms with Crippen LogP contribution in [0.2, 0.25) is 0 Å². The number of nitrogens with zero attached hydrogens (tertiary/aromatic N) is 1. The van der Waals surface area contributed by atoms with Crippen LogP contribution in [0.1, 0.15) is 20.7 Å². The van der Waals surface area contributed by atoms with Crippen molar-refractivity contribution in [1.29, 1.82) is 0 Å². The summed E-state index contributed by atoms with van der Waals surface area (Å²) in [6, 6.07) is 13.7. The molecule has 6 heteroatoms. The van der Waals surface area contributed by atoms with Crippen LogP contribution < -0.4 is 20.5 Å². The van der Waals surface area contributed by atoms with Gasteiger partial charge in [0.2, 0.25) is 0 Å². The zero-order valence-electron chi connectivity index (χ0n) is 13.3. The molecular formula is C17H19N3O3. The van der Waals surface area contributed by atoms with E-state index in [0.717, 1.165) is 5.69 Å². The molecule has 2 N–H and O–H groups in total. The smallest absolute Gasteiger partial charge is 0.269 e. The van der Waals surface area contributed by atoms with Crippen molar-refractivity contribution >= 4 is 17.5 Å². The first-order valence-electron chi connectivity index (χ1n) is 7.03. The summed E-state index contributed by atoms with van der Waals surface area (Å²) >= 11 is 0. The Morgan fingerprint density at radius 3 is 1.65 bits per heavy atom. The Hall–Kier alpha value is -3.02. The van der Waals surface area contributed by atoms with Crippen LogP contribution in [0, 0.1) is 0 Å². The zero-order chi connectivity index (χ0) is 16.8. The molecule has 0 fully saturated rings. The first-order valence-corrected chi connectivity index (χ1v) is 7.03. The highest BCUT2D eigenvalue weighted by atomic mass is 16.5. The van der Waals surface area contributed by atoms with Gasteiger partial charge in [-0.2, -0.15) is 0 Å². The van der Waals surface area contributed by atoms with Crippen LogP contribution in [0.5, 0.6) is 5.75 Å². The van der Waals surface area contributed by atoms with E-state index in [2.05, 4.69) is 10.9 Å². The first kappa shape index (κ1) is 16.4. The van der Waals surface area contributed by atoms with Crippen molar-refractivity contribution < 1.29 is 14.3 Å². The van der Waals surface area contributed by atoms with Crippen molar-refractivity contribution in [3.05, 3.63) is 59.7 Å². The average Bonchev–Trinajstić information content (AvgIpc) is 2.59. The van der Waals surface area contributed by atoms with E-state index in [1.54, 1.807) is 43.5 Å². The van der Waals surface area contributed by atoms with E-state index in [1.807, 2.05) is 31.1 Å². The van der Waals surface area contributed by atoms with Crippen LogP contribution in [0.25, 0.3) is 0 Å². The topological polar surface area (TPSA) is 70.7 Å². The van der Waals surface area contributed by atoms with Crippen LogP contribution in [-0.4, -0.2) is 33.0 Å². The molecule has 0 aliphatic heterocycles.